The number of hydrogen-bond acceptors (Lipinski definition) is 4. The zero-order valence-corrected chi connectivity index (χ0v) is 13.3. The van der Waals surface area contributed by atoms with E-state index in [2.05, 4.69) is 15.2 Å². The van der Waals surface area contributed by atoms with E-state index < -0.39 is 4.92 Å². The van der Waals surface area contributed by atoms with Crippen molar-refractivity contribution in [2.45, 2.75) is 37.8 Å². The highest BCUT2D eigenvalue weighted by molar-refractivity contribution is 6.00. The van der Waals surface area contributed by atoms with E-state index in [0.717, 1.165) is 25.9 Å². The van der Waals surface area contributed by atoms with Gasteiger partial charge in [-0.2, -0.15) is 0 Å². The first kappa shape index (κ1) is 15.1. The lowest BCUT2D eigenvalue weighted by molar-refractivity contribution is -0.383. The summed E-state index contributed by atoms with van der Waals surface area (Å²) < 4.78 is 0. The average molecular weight is 328 g/mol. The normalized spacial score (nSPS) is 24.0. The van der Waals surface area contributed by atoms with Crippen molar-refractivity contribution in [3.05, 3.63) is 40.1 Å². The van der Waals surface area contributed by atoms with Crippen LogP contribution in [-0.4, -0.2) is 45.9 Å². The molecule has 0 bridgehead atoms. The average Bonchev–Trinajstić information content (AvgIpc) is 3.18. The minimum atomic E-state index is -0.433. The third-order valence-electron chi connectivity index (χ3n) is 5.25. The smallest absolute Gasteiger partial charge is 0.293 e. The number of nitrogens with one attached hydrogen (secondary N) is 2. The van der Waals surface area contributed by atoms with E-state index in [0.29, 0.717) is 22.6 Å². The molecule has 126 valence electrons. The second kappa shape index (κ2) is 5.90. The molecule has 1 aromatic heterocycles. The number of carbonyl (C=O) groups excluding carboxylic acids is 1. The molecule has 4 rings (SSSR count). The summed E-state index contributed by atoms with van der Waals surface area (Å²) in [6.07, 6.45) is 4.55. The number of aromatic nitrogens is 1. The molecule has 2 saturated heterocycles. The Labute approximate surface area is 139 Å². The first-order valence-corrected chi connectivity index (χ1v) is 8.44. The number of carbonyl (C=O) groups is 1. The zero-order valence-electron chi connectivity index (χ0n) is 13.3. The summed E-state index contributed by atoms with van der Waals surface area (Å²) in [4.78, 5) is 28.7. The minimum Gasteiger partial charge on any atom is -0.346 e. The van der Waals surface area contributed by atoms with Crippen LogP contribution in [-0.2, 0) is 0 Å². The monoisotopic (exact) mass is 328 g/mol. The van der Waals surface area contributed by atoms with Crippen LogP contribution in [0.4, 0.5) is 5.69 Å². The summed E-state index contributed by atoms with van der Waals surface area (Å²) >= 11 is 0. The van der Waals surface area contributed by atoms with Gasteiger partial charge in [0.2, 0.25) is 0 Å². The Kier molecular flexibility index (Phi) is 3.72. The van der Waals surface area contributed by atoms with E-state index in [4.69, 9.17) is 0 Å². The fourth-order valence-electron chi connectivity index (χ4n) is 4.08. The molecule has 0 aliphatic carbocycles. The van der Waals surface area contributed by atoms with Gasteiger partial charge in [0.1, 0.15) is 11.2 Å². The van der Waals surface area contributed by atoms with E-state index in [9.17, 15) is 14.9 Å². The van der Waals surface area contributed by atoms with E-state index in [1.807, 2.05) is 0 Å². The number of nitro groups is 1. The molecule has 2 atom stereocenters. The van der Waals surface area contributed by atoms with E-state index in [1.165, 1.54) is 18.9 Å². The van der Waals surface area contributed by atoms with Crippen LogP contribution >= 0.6 is 0 Å². The first-order chi connectivity index (χ1) is 11.6. The highest BCUT2D eigenvalue weighted by Crippen LogP contribution is 2.28. The number of H-pyrrole nitrogens is 1. The van der Waals surface area contributed by atoms with E-state index in [1.54, 1.807) is 18.2 Å². The SMILES string of the molecule is O=C(N[C@H]1CCN2CCCC[C@@H]12)c1cc2cccc([N+](=O)[O-])c2[nH]1. The highest BCUT2D eigenvalue weighted by atomic mass is 16.6. The van der Waals surface area contributed by atoms with Gasteiger partial charge in [-0.15, -0.1) is 0 Å². The van der Waals surface area contributed by atoms with Crippen molar-refractivity contribution < 1.29 is 9.72 Å². The van der Waals surface area contributed by atoms with E-state index in [-0.39, 0.29) is 17.6 Å². The molecule has 7 nitrogen and oxygen atoms in total. The third-order valence-corrected chi connectivity index (χ3v) is 5.25. The van der Waals surface area contributed by atoms with Crippen LogP contribution in [0.15, 0.2) is 24.3 Å². The van der Waals surface area contributed by atoms with E-state index >= 15 is 0 Å². The third kappa shape index (κ3) is 2.54. The van der Waals surface area contributed by atoms with Crippen molar-refractivity contribution >= 4 is 22.5 Å². The Morgan fingerprint density at radius 1 is 1.29 bits per heavy atom. The number of para-hydroxylation sites is 1. The van der Waals surface area contributed by atoms with Gasteiger partial charge in [-0.1, -0.05) is 18.6 Å². The maximum atomic E-state index is 12.6. The van der Waals surface area contributed by atoms with Gasteiger partial charge in [-0.05, 0) is 31.9 Å². The van der Waals surface area contributed by atoms with Gasteiger partial charge in [0.15, 0.2) is 0 Å². The summed E-state index contributed by atoms with van der Waals surface area (Å²) in [5.74, 6) is -0.182. The largest absolute Gasteiger partial charge is 0.346 e. The van der Waals surface area contributed by atoms with Gasteiger partial charge < -0.3 is 10.3 Å². The Hall–Kier alpha value is -2.41. The standard InChI is InChI=1S/C17H20N4O3/c22-17(19-12-7-9-20-8-2-1-5-14(12)20)13-10-11-4-3-6-15(21(23)24)16(11)18-13/h3-4,6,10,12,14,18H,1-2,5,7-9H2,(H,19,22)/t12-,14-/m0/s1. The molecule has 7 heteroatoms. The van der Waals surface area contributed by atoms with Crippen molar-refractivity contribution in [2.75, 3.05) is 13.1 Å². The molecule has 1 amide bonds. The molecule has 24 heavy (non-hydrogen) atoms. The molecule has 0 spiro atoms. The van der Waals surface area contributed by atoms with Crippen LogP contribution in [0.1, 0.15) is 36.2 Å². The number of fused-ring (bicyclic) bond motifs is 2. The Balaban J connectivity index is 1.55. The molecule has 2 N–H and O–H groups in total. The molecular formula is C17H20N4O3. The molecule has 0 unspecified atom stereocenters. The number of benzene rings is 1. The summed E-state index contributed by atoms with van der Waals surface area (Å²) in [7, 11) is 0. The number of nitro benzene ring substituents is 1. The highest BCUT2D eigenvalue weighted by Gasteiger charge is 2.36. The molecular weight excluding hydrogens is 308 g/mol. The van der Waals surface area contributed by atoms with Gasteiger partial charge in [0.05, 0.1) is 4.92 Å². The van der Waals surface area contributed by atoms with Gasteiger partial charge in [-0.25, -0.2) is 0 Å². The topological polar surface area (TPSA) is 91.3 Å². The number of nitrogens with zero attached hydrogens (tertiary/aromatic N) is 2. The maximum absolute atomic E-state index is 12.6. The molecule has 2 aliphatic heterocycles. The molecule has 3 heterocycles. The number of aromatic amines is 1. The fourth-order valence-corrected chi connectivity index (χ4v) is 4.08. The number of piperidine rings is 1. The van der Waals surface area contributed by atoms with Crippen LogP contribution in [0.3, 0.4) is 0 Å². The second-order valence-corrected chi connectivity index (χ2v) is 6.65. The van der Waals surface area contributed by atoms with Gasteiger partial charge in [0.25, 0.3) is 11.6 Å². The van der Waals surface area contributed by atoms with Gasteiger partial charge in [0, 0.05) is 30.1 Å². The van der Waals surface area contributed by atoms with Crippen molar-refractivity contribution in [1.29, 1.82) is 0 Å². The predicted molar refractivity (Wildman–Crippen MR) is 90.0 cm³/mol. The molecule has 2 aromatic rings. The molecule has 1 aromatic carbocycles. The number of hydrogen-bond donors (Lipinski definition) is 2. The molecule has 0 saturated carbocycles. The molecule has 2 aliphatic rings. The number of amides is 1. The Morgan fingerprint density at radius 2 is 2.17 bits per heavy atom. The maximum Gasteiger partial charge on any atom is 0.293 e. The first-order valence-electron chi connectivity index (χ1n) is 8.44. The van der Waals surface area contributed by atoms with Crippen LogP contribution in [0.2, 0.25) is 0 Å². The minimum absolute atomic E-state index is 0.00845. The summed E-state index contributed by atoms with van der Waals surface area (Å²) in [6, 6.07) is 7.13. The van der Waals surface area contributed by atoms with Crippen molar-refractivity contribution in [3.63, 3.8) is 0 Å². The zero-order chi connectivity index (χ0) is 16.7. The van der Waals surface area contributed by atoms with Crippen molar-refractivity contribution in [2.24, 2.45) is 0 Å². The van der Waals surface area contributed by atoms with Crippen LogP contribution < -0.4 is 5.32 Å². The fraction of sp³-hybridized carbons (Fsp3) is 0.471. The number of non-ortho nitro benzene ring substituents is 1. The quantitative estimate of drug-likeness (QED) is 0.669. The lowest BCUT2D eigenvalue weighted by atomic mass is 9.99. The van der Waals surface area contributed by atoms with Crippen LogP contribution in [0.25, 0.3) is 10.9 Å². The van der Waals surface area contributed by atoms with Crippen LogP contribution in [0.5, 0.6) is 0 Å². The second-order valence-electron chi connectivity index (χ2n) is 6.65. The summed E-state index contributed by atoms with van der Waals surface area (Å²) in [5.41, 5.74) is 0.776. The molecule has 0 radical (unpaired) electrons. The van der Waals surface area contributed by atoms with Crippen LogP contribution in [0, 0.1) is 10.1 Å². The summed E-state index contributed by atoms with van der Waals surface area (Å²) in [6.45, 7) is 2.16. The Morgan fingerprint density at radius 3 is 3.00 bits per heavy atom. The summed E-state index contributed by atoms with van der Waals surface area (Å²) in [5, 5.41) is 14.9. The molecule has 2 fully saturated rings. The lowest BCUT2D eigenvalue weighted by Crippen LogP contribution is -2.46. The lowest BCUT2D eigenvalue weighted by Gasteiger charge is -2.32. The van der Waals surface area contributed by atoms with Gasteiger partial charge in [-0.3, -0.25) is 19.8 Å². The van der Waals surface area contributed by atoms with Crippen molar-refractivity contribution in [3.8, 4) is 0 Å². The Bertz CT molecular complexity index is 800. The van der Waals surface area contributed by atoms with Gasteiger partial charge >= 0.3 is 0 Å². The number of rotatable bonds is 3. The van der Waals surface area contributed by atoms with Crippen molar-refractivity contribution in [1.82, 2.24) is 15.2 Å². The predicted octanol–water partition coefficient (Wildman–Crippen LogP) is 2.43.